The fraction of sp³-hybridized carbons (Fsp3) is 0.158. The Bertz CT molecular complexity index is 785. The van der Waals surface area contributed by atoms with Crippen LogP contribution >= 0.6 is 0 Å². The molecule has 3 aromatic rings. The Labute approximate surface area is 139 Å². The molecule has 3 nitrogen and oxygen atoms in total. The van der Waals surface area contributed by atoms with Crippen LogP contribution < -0.4 is 4.74 Å². The number of hydrogen-bond acceptors (Lipinski definition) is 3. The van der Waals surface area contributed by atoms with Gasteiger partial charge in [-0.3, -0.25) is 0 Å². The summed E-state index contributed by atoms with van der Waals surface area (Å²) in [5.74, 6) is 0.828. The zero-order valence-electron chi connectivity index (χ0n) is 13.1. The number of benzene rings is 2. The molecule has 0 unspecified atom stereocenters. The Morgan fingerprint density at radius 2 is 1.33 bits per heavy atom. The number of halogens is 2. The first-order valence-electron chi connectivity index (χ1n) is 7.62. The van der Waals surface area contributed by atoms with Crippen LogP contribution in [-0.2, 0) is 6.42 Å². The summed E-state index contributed by atoms with van der Waals surface area (Å²) in [6, 6.07) is 14.4. The van der Waals surface area contributed by atoms with Crippen molar-refractivity contribution in [3.63, 3.8) is 0 Å². The van der Waals surface area contributed by atoms with Gasteiger partial charge >= 0.3 is 6.61 Å². The van der Waals surface area contributed by atoms with Gasteiger partial charge in [0.2, 0.25) is 0 Å². The number of aryl methyl sites for hydroxylation is 1. The summed E-state index contributed by atoms with van der Waals surface area (Å²) >= 11 is 0. The average Bonchev–Trinajstić information content (AvgIpc) is 2.62. The summed E-state index contributed by atoms with van der Waals surface area (Å²) in [5.41, 5.74) is 3.93. The van der Waals surface area contributed by atoms with Gasteiger partial charge in [-0.2, -0.15) is 8.78 Å². The van der Waals surface area contributed by atoms with Crippen LogP contribution in [-0.4, -0.2) is 16.6 Å². The molecule has 1 aromatic heterocycles. The number of aromatic nitrogens is 2. The van der Waals surface area contributed by atoms with E-state index in [-0.39, 0.29) is 5.75 Å². The van der Waals surface area contributed by atoms with E-state index in [1.54, 1.807) is 12.1 Å². The van der Waals surface area contributed by atoms with Crippen molar-refractivity contribution in [1.82, 2.24) is 9.97 Å². The van der Waals surface area contributed by atoms with Crippen molar-refractivity contribution in [2.24, 2.45) is 0 Å². The molecule has 0 saturated carbocycles. The maximum Gasteiger partial charge on any atom is 0.387 e. The maximum absolute atomic E-state index is 12.2. The molecule has 0 amide bonds. The summed E-state index contributed by atoms with van der Waals surface area (Å²) in [6.45, 7) is -0.751. The van der Waals surface area contributed by atoms with E-state index in [0.717, 1.165) is 28.7 Å². The van der Waals surface area contributed by atoms with Crippen molar-refractivity contribution in [1.29, 1.82) is 0 Å². The molecule has 2 aromatic carbocycles. The molecule has 5 heteroatoms. The normalized spacial score (nSPS) is 10.8. The van der Waals surface area contributed by atoms with E-state index < -0.39 is 6.61 Å². The van der Waals surface area contributed by atoms with E-state index in [1.807, 2.05) is 36.7 Å². The van der Waals surface area contributed by atoms with Crippen molar-refractivity contribution < 1.29 is 13.5 Å². The van der Waals surface area contributed by atoms with Gasteiger partial charge in [-0.25, -0.2) is 9.97 Å². The molecule has 0 fully saturated rings. The lowest BCUT2D eigenvalue weighted by molar-refractivity contribution is -0.0498. The van der Waals surface area contributed by atoms with E-state index in [4.69, 9.17) is 0 Å². The minimum Gasteiger partial charge on any atom is -0.435 e. The second-order valence-corrected chi connectivity index (χ2v) is 5.25. The Morgan fingerprint density at radius 3 is 1.83 bits per heavy atom. The molecule has 24 heavy (non-hydrogen) atoms. The highest BCUT2D eigenvalue weighted by atomic mass is 19.3. The van der Waals surface area contributed by atoms with E-state index in [1.165, 1.54) is 12.1 Å². The first-order valence-corrected chi connectivity index (χ1v) is 7.62. The van der Waals surface area contributed by atoms with Crippen LogP contribution in [0.25, 0.3) is 22.5 Å². The lowest BCUT2D eigenvalue weighted by Gasteiger charge is -2.07. The molecular formula is C19H16F2N2O. The van der Waals surface area contributed by atoms with Crippen LogP contribution in [0.5, 0.6) is 5.75 Å². The van der Waals surface area contributed by atoms with Gasteiger partial charge in [-0.05, 0) is 35.2 Å². The second kappa shape index (κ2) is 7.17. The Morgan fingerprint density at radius 1 is 0.833 bits per heavy atom. The summed E-state index contributed by atoms with van der Waals surface area (Å²) < 4.78 is 28.7. The van der Waals surface area contributed by atoms with Crippen molar-refractivity contribution in [3.8, 4) is 28.3 Å². The molecular weight excluding hydrogens is 310 g/mol. The highest BCUT2D eigenvalue weighted by Crippen LogP contribution is 2.25. The quantitative estimate of drug-likeness (QED) is 0.663. The first kappa shape index (κ1) is 16.1. The molecule has 0 saturated heterocycles. The van der Waals surface area contributed by atoms with Gasteiger partial charge in [-0.1, -0.05) is 43.3 Å². The lowest BCUT2D eigenvalue weighted by Crippen LogP contribution is -2.01. The number of nitrogens with zero attached hydrogens (tertiary/aromatic N) is 2. The molecule has 0 atom stereocenters. The minimum absolute atomic E-state index is 0.148. The van der Waals surface area contributed by atoms with E-state index >= 15 is 0 Å². The Hall–Kier alpha value is -2.82. The molecule has 0 aliphatic carbocycles. The molecule has 3 rings (SSSR count). The van der Waals surface area contributed by atoms with E-state index in [9.17, 15) is 8.78 Å². The first-order chi connectivity index (χ1) is 11.7. The van der Waals surface area contributed by atoms with Crippen molar-refractivity contribution in [2.75, 3.05) is 0 Å². The van der Waals surface area contributed by atoms with E-state index in [0.29, 0.717) is 5.82 Å². The summed E-state index contributed by atoms with van der Waals surface area (Å²) in [4.78, 5) is 8.73. The molecule has 1 heterocycles. The van der Waals surface area contributed by atoms with Crippen LogP contribution in [0, 0.1) is 0 Å². The average molecular weight is 326 g/mol. The predicted molar refractivity (Wildman–Crippen MR) is 88.9 cm³/mol. The fourth-order valence-corrected chi connectivity index (χ4v) is 2.33. The van der Waals surface area contributed by atoms with Crippen LogP contribution in [0.1, 0.15) is 12.5 Å². The highest BCUT2D eigenvalue weighted by molar-refractivity contribution is 5.68. The number of rotatable bonds is 5. The topological polar surface area (TPSA) is 35.0 Å². The standard InChI is InChI=1S/C19H16F2N2O/c1-2-13-11-22-18(23-12-13)16-5-3-14(4-6-16)15-7-9-17(10-8-15)24-19(20)21/h3-12,19H,2H2,1H3. The minimum atomic E-state index is -2.81. The number of ether oxygens (including phenoxy) is 1. The maximum atomic E-state index is 12.2. The van der Waals surface area contributed by atoms with E-state index in [2.05, 4.69) is 21.6 Å². The molecule has 0 spiro atoms. The summed E-state index contributed by atoms with van der Waals surface area (Å²) in [7, 11) is 0. The largest absolute Gasteiger partial charge is 0.435 e. The Balaban J connectivity index is 1.78. The van der Waals surface area contributed by atoms with Gasteiger partial charge in [0, 0.05) is 18.0 Å². The fourth-order valence-electron chi connectivity index (χ4n) is 2.33. The third-order valence-corrected chi connectivity index (χ3v) is 3.67. The van der Waals surface area contributed by atoms with Gasteiger partial charge in [-0.15, -0.1) is 0 Å². The van der Waals surface area contributed by atoms with Crippen molar-refractivity contribution >= 4 is 0 Å². The number of alkyl halides is 2. The second-order valence-electron chi connectivity index (χ2n) is 5.25. The van der Waals surface area contributed by atoms with Gasteiger partial charge in [0.15, 0.2) is 5.82 Å². The third kappa shape index (κ3) is 3.74. The van der Waals surface area contributed by atoms with Crippen LogP contribution in [0.15, 0.2) is 60.9 Å². The summed E-state index contributed by atoms with van der Waals surface area (Å²) in [5, 5.41) is 0. The zero-order valence-corrected chi connectivity index (χ0v) is 13.1. The van der Waals surface area contributed by atoms with Crippen molar-refractivity contribution in [2.45, 2.75) is 20.0 Å². The van der Waals surface area contributed by atoms with Gasteiger partial charge in [0.25, 0.3) is 0 Å². The number of hydrogen-bond donors (Lipinski definition) is 0. The molecule has 122 valence electrons. The van der Waals surface area contributed by atoms with Gasteiger partial charge in [0.1, 0.15) is 5.75 Å². The predicted octanol–water partition coefficient (Wildman–Crippen LogP) is 4.97. The third-order valence-electron chi connectivity index (χ3n) is 3.67. The summed E-state index contributed by atoms with van der Waals surface area (Å²) in [6.07, 6.45) is 4.57. The zero-order chi connectivity index (χ0) is 16.9. The molecule has 0 aliphatic rings. The van der Waals surface area contributed by atoms with Crippen molar-refractivity contribution in [3.05, 3.63) is 66.5 Å². The SMILES string of the molecule is CCc1cnc(-c2ccc(-c3ccc(OC(F)F)cc3)cc2)nc1. The highest BCUT2D eigenvalue weighted by Gasteiger charge is 2.06. The van der Waals surface area contributed by atoms with Crippen LogP contribution in [0.3, 0.4) is 0 Å². The van der Waals surface area contributed by atoms with Gasteiger partial charge < -0.3 is 4.74 Å². The Kier molecular flexibility index (Phi) is 4.79. The molecule has 0 N–H and O–H groups in total. The molecule has 0 aliphatic heterocycles. The van der Waals surface area contributed by atoms with Crippen LogP contribution in [0.2, 0.25) is 0 Å². The molecule has 0 radical (unpaired) electrons. The molecule has 0 bridgehead atoms. The van der Waals surface area contributed by atoms with Crippen LogP contribution in [0.4, 0.5) is 8.78 Å². The van der Waals surface area contributed by atoms with Gasteiger partial charge in [0.05, 0.1) is 0 Å². The lowest BCUT2D eigenvalue weighted by atomic mass is 10.0. The smallest absolute Gasteiger partial charge is 0.387 e. The monoisotopic (exact) mass is 326 g/mol.